The molecule has 0 aliphatic rings. The van der Waals surface area contributed by atoms with Crippen molar-refractivity contribution >= 4 is 11.6 Å². The Balaban J connectivity index is 3.10. The van der Waals surface area contributed by atoms with Crippen LogP contribution in [0, 0.1) is 0 Å². The summed E-state index contributed by atoms with van der Waals surface area (Å²) in [6.07, 6.45) is 2.14. The van der Waals surface area contributed by atoms with Crippen LogP contribution < -0.4 is 0 Å². The summed E-state index contributed by atoms with van der Waals surface area (Å²) in [6, 6.07) is 5.23. The van der Waals surface area contributed by atoms with Crippen molar-refractivity contribution in [1.82, 2.24) is 0 Å². The normalized spacial score (nSPS) is 11.7. The summed E-state index contributed by atoms with van der Waals surface area (Å²) in [5.74, 6) is 0.341. The van der Waals surface area contributed by atoms with Gasteiger partial charge in [-0.25, -0.2) is 0 Å². The summed E-state index contributed by atoms with van der Waals surface area (Å²) < 4.78 is 0. The number of rotatable bonds is 3. The van der Waals surface area contributed by atoms with Gasteiger partial charge in [0.2, 0.25) is 0 Å². The van der Waals surface area contributed by atoms with E-state index in [9.17, 15) is 5.11 Å². The highest BCUT2D eigenvalue weighted by molar-refractivity contribution is 6.30. The van der Waals surface area contributed by atoms with E-state index in [4.69, 9.17) is 11.6 Å². The summed E-state index contributed by atoms with van der Waals surface area (Å²) in [7, 11) is 0. The molecule has 0 aromatic heterocycles. The molecule has 2 heteroatoms. The Morgan fingerprint density at radius 3 is 2.57 bits per heavy atom. The maximum Gasteiger partial charge on any atom is 0.119 e. The fourth-order valence-electron chi connectivity index (χ4n) is 1.81. The highest BCUT2D eigenvalue weighted by Crippen LogP contribution is 2.35. The second-order valence-corrected chi connectivity index (χ2v) is 4.73. The average Bonchev–Trinajstić information content (AvgIpc) is 2.09. The van der Waals surface area contributed by atoms with E-state index in [0.717, 1.165) is 18.4 Å². The van der Waals surface area contributed by atoms with E-state index in [0.29, 0.717) is 10.8 Å². The average molecular weight is 213 g/mol. The lowest BCUT2D eigenvalue weighted by Gasteiger charge is -2.25. The molecule has 0 fully saturated rings. The Hall–Kier alpha value is -0.690. The lowest BCUT2D eigenvalue weighted by Crippen LogP contribution is -2.16. The molecule has 0 aliphatic carbocycles. The van der Waals surface area contributed by atoms with Crippen LogP contribution in [0.1, 0.15) is 39.2 Å². The SMILES string of the molecule is CCCC(C)(C)c1cc(Cl)ccc1O. The molecule has 0 aliphatic heterocycles. The van der Waals surface area contributed by atoms with Gasteiger partial charge >= 0.3 is 0 Å². The zero-order valence-corrected chi connectivity index (χ0v) is 9.73. The predicted molar refractivity (Wildman–Crippen MR) is 61.1 cm³/mol. The maximum absolute atomic E-state index is 9.74. The summed E-state index contributed by atoms with van der Waals surface area (Å²) in [5, 5.41) is 10.4. The number of aromatic hydroxyl groups is 1. The second kappa shape index (κ2) is 4.22. The van der Waals surface area contributed by atoms with Gasteiger partial charge in [-0.15, -0.1) is 0 Å². The van der Waals surface area contributed by atoms with Crippen molar-refractivity contribution in [1.29, 1.82) is 0 Å². The third-order valence-corrected chi connectivity index (χ3v) is 2.80. The van der Waals surface area contributed by atoms with Crippen LogP contribution in [-0.4, -0.2) is 5.11 Å². The molecule has 1 nitrogen and oxygen atoms in total. The third kappa shape index (κ3) is 2.42. The Bertz CT molecular complexity index is 318. The summed E-state index contributed by atoms with van der Waals surface area (Å²) >= 11 is 5.91. The van der Waals surface area contributed by atoms with Crippen molar-refractivity contribution < 1.29 is 5.11 Å². The van der Waals surface area contributed by atoms with Gasteiger partial charge in [-0.3, -0.25) is 0 Å². The highest BCUT2D eigenvalue weighted by Gasteiger charge is 2.22. The molecule has 1 rings (SSSR count). The van der Waals surface area contributed by atoms with Crippen LogP contribution in [0.15, 0.2) is 18.2 Å². The van der Waals surface area contributed by atoms with E-state index in [1.165, 1.54) is 0 Å². The molecule has 1 N–H and O–H groups in total. The molecule has 0 radical (unpaired) electrons. The third-order valence-electron chi connectivity index (χ3n) is 2.56. The molecule has 0 atom stereocenters. The van der Waals surface area contributed by atoms with Gasteiger partial charge in [-0.2, -0.15) is 0 Å². The number of halogens is 1. The quantitative estimate of drug-likeness (QED) is 0.799. The Labute approximate surface area is 90.7 Å². The highest BCUT2D eigenvalue weighted by atomic mass is 35.5. The first-order valence-corrected chi connectivity index (χ1v) is 5.34. The van der Waals surface area contributed by atoms with Gasteiger partial charge in [0, 0.05) is 10.6 Å². The van der Waals surface area contributed by atoms with E-state index in [1.807, 2.05) is 6.07 Å². The molecule has 0 unspecified atom stereocenters. The van der Waals surface area contributed by atoms with Crippen molar-refractivity contribution in [3.63, 3.8) is 0 Å². The first-order valence-electron chi connectivity index (χ1n) is 4.96. The van der Waals surface area contributed by atoms with E-state index in [1.54, 1.807) is 12.1 Å². The molecular weight excluding hydrogens is 196 g/mol. The molecular formula is C12H17ClO. The molecule has 0 amide bonds. The first-order chi connectivity index (χ1) is 6.47. The van der Waals surface area contributed by atoms with Gasteiger partial charge in [0.1, 0.15) is 5.75 Å². The van der Waals surface area contributed by atoms with Crippen molar-refractivity contribution in [2.45, 2.75) is 39.0 Å². The first kappa shape index (κ1) is 11.4. The minimum absolute atomic E-state index is 0.0102. The molecule has 78 valence electrons. The predicted octanol–water partition coefficient (Wildman–Crippen LogP) is 4.12. The lowest BCUT2D eigenvalue weighted by atomic mass is 9.80. The standard InChI is InChI=1S/C12H17ClO/c1-4-7-12(2,3)10-8-9(13)5-6-11(10)14/h5-6,8,14H,4,7H2,1-3H3. The topological polar surface area (TPSA) is 20.2 Å². The van der Waals surface area contributed by atoms with Gasteiger partial charge in [0.05, 0.1) is 0 Å². The molecule has 14 heavy (non-hydrogen) atoms. The van der Waals surface area contributed by atoms with Crippen LogP contribution in [0.5, 0.6) is 5.75 Å². The smallest absolute Gasteiger partial charge is 0.119 e. The van der Waals surface area contributed by atoms with Crippen molar-refractivity contribution in [2.75, 3.05) is 0 Å². The molecule has 0 heterocycles. The fraction of sp³-hybridized carbons (Fsp3) is 0.500. The van der Waals surface area contributed by atoms with Crippen LogP contribution in [0.3, 0.4) is 0 Å². The van der Waals surface area contributed by atoms with Gasteiger partial charge in [0.25, 0.3) is 0 Å². The maximum atomic E-state index is 9.74. The van der Waals surface area contributed by atoms with Gasteiger partial charge < -0.3 is 5.11 Å². The van der Waals surface area contributed by atoms with Crippen molar-refractivity contribution in [3.05, 3.63) is 28.8 Å². The Kier molecular flexibility index (Phi) is 3.43. The number of benzene rings is 1. The fourth-order valence-corrected chi connectivity index (χ4v) is 1.98. The van der Waals surface area contributed by atoms with Gasteiger partial charge in [-0.1, -0.05) is 38.8 Å². The molecule has 0 saturated heterocycles. The summed E-state index contributed by atoms with van der Waals surface area (Å²) in [5.41, 5.74) is 0.927. The number of hydrogen-bond donors (Lipinski definition) is 1. The molecule has 0 bridgehead atoms. The van der Waals surface area contributed by atoms with Crippen molar-refractivity contribution in [2.24, 2.45) is 0 Å². The lowest BCUT2D eigenvalue weighted by molar-refractivity contribution is 0.417. The van der Waals surface area contributed by atoms with Gasteiger partial charge in [-0.05, 0) is 30.0 Å². The molecule has 0 saturated carbocycles. The van der Waals surface area contributed by atoms with E-state index in [2.05, 4.69) is 20.8 Å². The zero-order chi connectivity index (χ0) is 10.8. The van der Waals surface area contributed by atoms with E-state index in [-0.39, 0.29) is 5.41 Å². The van der Waals surface area contributed by atoms with Crippen LogP contribution in [0.2, 0.25) is 5.02 Å². The number of hydrogen-bond acceptors (Lipinski definition) is 1. The largest absolute Gasteiger partial charge is 0.508 e. The monoisotopic (exact) mass is 212 g/mol. The minimum atomic E-state index is -0.0102. The molecule has 0 spiro atoms. The summed E-state index contributed by atoms with van der Waals surface area (Å²) in [6.45, 7) is 6.40. The summed E-state index contributed by atoms with van der Waals surface area (Å²) in [4.78, 5) is 0. The van der Waals surface area contributed by atoms with Gasteiger partial charge in [0.15, 0.2) is 0 Å². The Morgan fingerprint density at radius 2 is 2.00 bits per heavy atom. The Morgan fingerprint density at radius 1 is 1.36 bits per heavy atom. The van der Waals surface area contributed by atoms with Crippen LogP contribution in [0.4, 0.5) is 0 Å². The van der Waals surface area contributed by atoms with Crippen LogP contribution >= 0.6 is 11.6 Å². The van der Waals surface area contributed by atoms with E-state index >= 15 is 0 Å². The molecule has 1 aromatic carbocycles. The van der Waals surface area contributed by atoms with Crippen molar-refractivity contribution in [3.8, 4) is 5.75 Å². The molecule has 1 aromatic rings. The number of phenols is 1. The van der Waals surface area contributed by atoms with E-state index < -0.39 is 0 Å². The van der Waals surface area contributed by atoms with Crippen LogP contribution in [-0.2, 0) is 5.41 Å². The van der Waals surface area contributed by atoms with Crippen LogP contribution in [0.25, 0.3) is 0 Å². The zero-order valence-electron chi connectivity index (χ0n) is 8.97. The number of phenolic OH excluding ortho intramolecular Hbond substituents is 1. The second-order valence-electron chi connectivity index (χ2n) is 4.30. The minimum Gasteiger partial charge on any atom is -0.508 e.